The normalized spacial score (nSPS) is 16.8. The molecule has 5 nitrogen and oxygen atoms in total. The van der Waals surface area contributed by atoms with Crippen molar-refractivity contribution >= 4 is 23.2 Å². The molecule has 2 amide bonds. The lowest BCUT2D eigenvalue weighted by atomic mass is 10.1. The van der Waals surface area contributed by atoms with E-state index in [4.69, 9.17) is 4.74 Å². The van der Waals surface area contributed by atoms with E-state index in [1.807, 2.05) is 44.2 Å². The number of anilines is 2. The molecule has 0 unspecified atom stereocenters. The molecule has 0 radical (unpaired) electrons. The zero-order valence-electron chi connectivity index (χ0n) is 13.8. The fraction of sp³-hybridized carbons (Fsp3) is 0.263. The number of carbonyl (C=O) groups is 2. The molecule has 1 aliphatic rings. The summed E-state index contributed by atoms with van der Waals surface area (Å²) in [5.41, 5.74) is 1.84. The van der Waals surface area contributed by atoms with E-state index >= 15 is 0 Å². The van der Waals surface area contributed by atoms with Gasteiger partial charge in [-0.15, -0.1) is 0 Å². The van der Waals surface area contributed by atoms with Gasteiger partial charge in [0.1, 0.15) is 5.75 Å². The van der Waals surface area contributed by atoms with Crippen LogP contribution in [0, 0.1) is 5.92 Å². The number of benzene rings is 2. The van der Waals surface area contributed by atoms with Gasteiger partial charge >= 0.3 is 0 Å². The maximum absolute atomic E-state index is 13.2. The Kier molecular flexibility index (Phi) is 4.51. The monoisotopic (exact) mass is 324 g/mol. The summed E-state index contributed by atoms with van der Waals surface area (Å²) in [5.74, 6) is -0.00929. The van der Waals surface area contributed by atoms with Gasteiger partial charge in [-0.3, -0.25) is 9.59 Å². The molecule has 5 heteroatoms. The molecule has 0 fully saturated rings. The maximum atomic E-state index is 13.2. The lowest BCUT2D eigenvalue weighted by molar-refractivity contribution is -0.119. The smallest absolute Gasteiger partial charge is 0.262 e. The molecule has 2 aromatic rings. The van der Waals surface area contributed by atoms with Crippen LogP contribution in [0.5, 0.6) is 5.75 Å². The fourth-order valence-corrected chi connectivity index (χ4v) is 2.79. The Hall–Kier alpha value is -2.82. The van der Waals surface area contributed by atoms with Gasteiger partial charge in [-0.25, -0.2) is 0 Å². The molecule has 24 heavy (non-hydrogen) atoms. The topological polar surface area (TPSA) is 58.6 Å². The first-order chi connectivity index (χ1) is 11.6. The zero-order valence-corrected chi connectivity index (χ0v) is 13.8. The van der Waals surface area contributed by atoms with Gasteiger partial charge in [-0.05, 0) is 31.2 Å². The van der Waals surface area contributed by atoms with Crippen LogP contribution in [0.4, 0.5) is 11.4 Å². The average Bonchev–Trinajstić information content (AvgIpc) is 2.72. The van der Waals surface area contributed by atoms with Crippen molar-refractivity contribution in [2.45, 2.75) is 13.8 Å². The Morgan fingerprint density at radius 1 is 1.21 bits per heavy atom. The Morgan fingerprint density at radius 3 is 2.71 bits per heavy atom. The third kappa shape index (κ3) is 2.97. The molecule has 1 aliphatic heterocycles. The van der Waals surface area contributed by atoms with Gasteiger partial charge in [-0.1, -0.05) is 31.2 Å². The quantitative estimate of drug-likeness (QED) is 0.942. The van der Waals surface area contributed by atoms with Crippen molar-refractivity contribution in [3.63, 3.8) is 0 Å². The van der Waals surface area contributed by atoms with Gasteiger partial charge in [0.2, 0.25) is 5.91 Å². The highest BCUT2D eigenvalue weighted by Gasteiger charge is 2.30. The lowest BCUT2D eigenvalue weighted by Crippen LogP contribution is -2.36. The Labute approximate surface area is 141 Å². The lowest BCUT2D eigenvalue weighted by Gasteiger charge is -2.24. The fourth-order valence-electron chi connectivity index (χ4n) is 2.79. The molecule has 0 saturated heterocycles. The van der Waals surface area contributed by atoms with Crippen LogP contribution in [0.2, 0.25) is 0 Å². The summed E-state index contributed by atoms with van der Waals surface area (Å²) in [6.07, 6.45) is 0. The van der Waals surface area contributed by atoms with Crippen LogP contribution in [-0.2, 0) is 4.79 Å². The van der Waals surface area contributed by atoms with E-state index in [1.54, 1.807) is 23.1 Å². The predicted molar refractivity (Wildman–Crippen MR) is 93.5 cm³/mol. The average molecular weight is 324 g/mol. The van der Waals surface area contributed by atoms with Crippen molar-refractivity contribution < 1.29 is 14.3 Å². The molecule has 1 atom stereocenters. The molecular formula is C19H20N2O3. The number of rotatable bonds is 3. The van der Waals surface area contributed by atoms with Gasteiger partial charge < -0.3 is 15.0 Å². The Balaban J connectivity index is 2.04. The SMILES string of the molecule is CCOc1ccccc1C(=O)N1C[C@@H](C)C(=O)Nc2ccccc21. The minimum atomic E-state index is -0.305. The molecule has 0 aromatic heterocycles. The molecule has 1 N–H and O–H groups in total. The summed E-state index contributed by atoms with van der Waals surface area (Å²) in [6.45, 7) is 4.50. The van der Waals surface area contributed by atoms with E-state index in [0.717, 1.165) is 0 Å². The number of fused-ring (bicyclic) bond motifs is 1. The second kappa shape index (κ2) is 6.74. The van der Waals surface area contributed by atoms with Crippen LogP contribution in [0.15, 0.2) is 48.5 Å². The van der Waals surface area contributed by atoms with Crippen LogP contribution < -0.4 is 15.0 Å². The molecule has 0 saturated carbocycles. The van der Waals surface area contributed by atoms with Gasteiger partial charge in [0.25, 0.3) is 5.91 Å². The molecule has 0 aliphatic carbocycles. The highest BCUT2D eigenvalue weighted by atomic mass is 16.5. The van der Waals surface area contributed by atoms with Crippen LogP contribution >= 0.6 is 0 Å². The minimum Gasteiger partial charge on any atom is -0.493 e. The van der Waals surface area contributed by atoms with Crippen LogP contribution in [0.25, 0.3) is 0 Å². The first kappa shape index (κ1) is 16.1. The molecule has 1 heterocycles. The minimum absolute atomic E-state index is 0.0872. The van der Waals surface area contributed by atoms with E-state index in [9.17, 15) is 9.59 Å². The van der Waals surface area contributed by atoms with E-state index in [2.05, 4.69) is 5.32 Å². The molecular weight excluding hydrogens is 304 g/mol. The molecule has 3 rings (SSSR count). The Morgan fingerprint density at radius 2 is 1.92 bits per heavy atom. The van der Waals surface area contributed by atoms with Crippen molar-refractivity contribution in [1.82, 2.24) is 0 Å². The number of nitrogens with one attached hydrogen (secondary N) is 1. The molecule has 0 bridgehead atoms. The third-order valence-corrected chi connectivity index (χ3v) is 4.02. The van der Waals surface area contributed by atoms with Crippen molar-refractivity contribution in [2.24, 2.45) is 5.92 Å². The van der Waals surface area contributed by atoms with Crippen LogP contribution in [0.1, 0.15) is 24.2 Å². The number of ether oxygens (including phenoxy) is 1. The molecule has 2 aromatic carbocycles. The summed E-state index contributed by atoms with van der Waals surface area (Å²) in [5, 5.41) is 2.88. The second-order valence-electron chi connectivity index (χ2n) is 5.75. The van der Waals surface area contributed by atoms with Crippen molar-refractivity contribution in [3.05, 3.63) is 54.1 Å². The number of carbonyl (C=O) groups excluding carboxylic acids is 2. The highest BCUT2D eigenvalue weighted by molar-refractivity contribution is 6.12. The standard InChI is InChI=1S/C19H20N2O3/c1-3-24-17-11-7-4-8-14(17)19(23)21-12-13(2)18(22)20-15-9-5-6-10-16(15)21/h4-11,13H,3,12H2,1-2H3,(H,20,22)/t13-/m1/s1. The van der Waals surface area contributed by atoms with E-state index in [1.165, 1.54) is 0 Å². The third-order valence-electron chi connectivity index (χ3n) is 4.02. The van der Waals surface area contributed by atoms with Gasteiger partial charge in [0, 0.05) is 6.54 Å². The van der Waals surface area contributed by atoms with Crippen molar-refractivity contribution in [2.75, 3.05) is 23.4 Å². The molecule has 0 spiro atoms. The number of para-hydroxylation sites is 3. The predicted octanol–water partition coefficient (Wildman–Crippen LogP) is 3.32. The number of amides is 2. The largest absolute Gasteiger partial charge is 0.493 e. The van der Waals surface area contributed by atoms with Crippen LogP contribution in [0.3, 0.4) is 0 Å². The highest BCUT2D eigenvalue weighted by Crippen LogP contribution is 2.32. The Bertz CT molecular complexity index is 773. The van der Waals surface area contributed by atoms with Gasteiger partial charge in [0.05, 0.1) is 29.5 Å². The van der Waals surface area contributed by atoms with E-state index in [-0.39, 0.29) is 17.7 Å². The number of nitrogens with zero attached hydrogens (tertiary/aromatic N) is 1. The number of hydrogen-bond acceptors (Lipinski definition) is 3. The summed E-state index contributed by atoms with van der Waals surface area (Å²) in [4.78, 5) is 27.0. The first-order valence-electron chi connectivity index (χ1n) is 8.05. The van der Waals surface area contributed by atoms with E-state index in [0.29, 0.717) is 35.8 Å². The maximum Gasteiger partial charge on any atom is 0.262 e. The van der Waals surface area contributed by atoms with Gasteiger partial charge in [-0.2, -0.15) is 0 Å². The summed E-state index contributed by atoms with van der Waals surface area (Å²) in [6, 6.07) is 14.5. The van der Waals surface area contributed by atoms with Crippen molar-refractivity contribution in [1.29, 1.82) is 0 Å². The zero-order chi connectivity index (χ0) is 17.1. The molecule has 124 valence electrons. The number of hydrogen-bond donors (Lipinski definition) is 1. The van der Waals surface area contributed by atoms with Crippen LogP contribution in [-0.4, -0.2) is 25.0 Å². The van der Waals surface area contributed by atoms with E-state index < -0.39 is 0 Å². The summed E-state index contributed by atoms with van der Waals surface area (Å²) < 4.78 is 5.59. The van der Waals surface area contributed by atoms with Crippen molar-refractivity contribution in [3.8, 4) is 5.75 Å². The summed E-state index contributed by atoms with van der Waals surface area (Å²) >= 11 is 0. The second-order valence-corrected chi connectivity index (χ2v) is 5.75. The first-order valence-corrected chi connectivity index (χ1v) is 8.05. The summed E-state index contributed by atoms with van der Waals surface area (Å²) in [7, 11) is 0. The van der Waals surface area contributed by atoms with Gasteiger partial charge in [0.15, 0.2) is 0 Å².